The largest absolute Gasteiger partial charge is 0.397 e. The smallest absolute Gasteiger partial charge is 0.0955 e. The van der Waals surface area contributed by atoms with E-state index in [1.54, 1.807) is 0 Å². The molecule has 1 aromatic heterocycles. The van der Waals surface area contributed by atoms with Gasteiger partial charge in [-0.2, -0.15) is 0 Å². The van der Waals surface area contributed by atoms with E-state index in [1.807, 2.05) is 36.1 Å². The second-order valence-electron chi connectivity index (χ2n) is 5.21. The summed E-state index contributed by atoms with van der Waals surface area (Å²) < 4.78 is 2.00. The van der Waals surface area contributed by atoms with E-state index in [-0.39, 0.29) is 0 Å². The first kappa shape index (κ1) is 12.5. The minimum absolute atomic E-state index is 0.759. The van der Waals surface area contributed by atoms with Crippen LogP contribution in [0.1, 0.15) is 11.1 Å². The summed E-state index contributed by atoms with van der Waals surface area (Å²) in [7, 11) is 1.99. The van der Waals surface area contributed by atoms with Crippen molar-refractivity contribution in [2.24, 2.45) is 7.05 Å². The summed E-state index contributed by atoms with van der Waals surface area (Å²) in [5.74, 6) is 0. The number of benzene rings is 2. The molecule has 4 nitrogen and oxygen atoms in total. The van der Waals surface area contributed by atoms with Gasteiger partial charge in [-0.3, -0.25) is 0 Å². The van der Waals surface area contributed by atoms with Crippen LogP contribution in [0, 0.1) is 13.8 Å². The van der Waals surface area contributed by atoms with Gasteiger partial charge < -0.3 is 15.6 Å². The fourth-order valence-electron chi connectivity index (χ4n) is 2.32. The average Bonchev–Trinajstić information content (AvgIpc) is 2.77. The molecule has 3 rings (SSSR count). The van der Waals surface area contributed by atoms with Crippen molar-refractivity contribution in [3.8, 4) is 0 Å². The topological polar surface area (TPSA) is 55.9 Å². The molecule has 102 valence electrons. The van der Waals surface area contributed by atoms with Crippen LogP contribution in [0.15, 0.2) is 36.7 Å². The summed E-state index contributed by atoms with van der Waals surface area (Å²) in [6.45, 7) is 4.15. The Balaban J connectivity index is 1.98. The summed E-state index contributed by atoms with van der Waals surface area (Å²) in [5.41, 5.74) is 13.3. The molecule has 0 aliphatic heterocycles. The summed E-state index contributed by atoms with van der Waals surface area (Å²) in [6.07, 6.45) is 1.82. The van der Waals surface area contributed by atoms with Crippen molar-refractivity contribution in [1.29, 1.82) is 0 Å². The Hall–Kier alpha value is -2.49. The molecule has 0 spiro atoms. The molecular formula is C16H18N4. The number of hydrogen-bond acceptors (Lipinski definition) is 3. The van der Waals surface area contributed by atoms with E-state index in [9.17, 15) is 0 Å². The fourth-order valence-corrected chi connectivity index (χ4v) is 2.32. The van der Waals surface area contributed by atoms with Gasteiger partial charge in [0.2, 0.25) is 0 Å². The van der Waals surface area contributed by atoms with Crippen molar-refractivity contribution in [1.82, 2.24) is 9.55 Å². The maximum absolute atomic E-state index is 6.07. The zero-order valence-electron chi connectivity index (χ0n) is 11.9. The number of nitrogens with zero attached hydrogens (tertiary/aromatic N) is 2. The highest BCUT2D eigenvalue weighted by Gasteiger charge is 2.05. The lowest BCUT2D eigenvalue weighted by Crippen LogP contribution is -1.98. The highest BCUT2D eigenvalue weighted by Crippen LogP contribution is 2.27. The van der Waals surface area contributed by atoms with Crippen molar-refractivity contribution in [3.05, 3.63) is 47.8 Å². The van der Waals surface area contributed by atoms with Gasteiger partial charge in [-0.1, -0.05) is 0 Å². The van der Waals surface area contributed by atoms with Crippen molar-refractivity contribution in [3.63, 3.8) is 0 Å². The molecule has 0 saturated heterocycles. The van der Waals surface area contributed by atoms with E-state index >= 15 is 0 Å². The predicted octanol–water partition coefficient (Wildman–Crippen LogP) is 3.52. The normalized spacial score (nSPS) is 10.9. The SMILES string of the molecule is Cc1cc(N)c(Nc2ccc3c(c2)ncn3C)cc1C. The second-order valence-corrected chi connectivity index (χ2v) is 5.21. The summed E-state index contributed by atoms with van der Waals surface area (Å²) >= 11 is 0. The maximum Gasteiger partial charge on any atom is 0.0955 e. The summed E-state index contributed by atoms with van der Waals surface area (Å²) in [4.78, 5) is 4.37. The van der Waals surface area contributed by atoms with Crippen LogP contribution in [0.4, 0.5) is 17.1 Å². The highest BCUT2D eigenvalue weighted by molar-refractivity contribution is 5.82. The van der Waals surface area contributed by atoms with Crippen molar-refractivity contribution < 1.29 is 0 Å². The summed E-state index contributed by atoms with van der Waals surface area (Å²) in [6, 6.07) is 10.2. The average molecular weight is 266 g/mol. The molecule has 0 fully saturated rings. The van der Waals surface area contributed by atoms with Crippen LogP contribution >= 0.6 is 0 Å². The quantitative estimate of drug-likeness (QED) is 0.698. The van der Waals surface area contributed by atoms with Crippen LogP contribution in [-0.2, 0) is 7.05 Å². The summed E-state index contributed by atoms with van der Waals surface area (Å²) in [5, 5.41) is 3.37. The van der Waals surface area contributed by atoms with Gasteiger partial charge in [-0.25, -0.2) is 4.98 Å². The lowest BCUT2D eigenvalue weighted by atomic mass is 10.1. The van der Waals surface area contributed by atoms with Gasteiger partial charge in [-0.05, 0) is 55.3 Å². The number of nitrogens with one attached hydrogen (secondary N) is 1. The zero-order chi connectivity index (χ0) is 14.3. The molecule has 0 unspecified atom stereocenters. The van der Waals surface area contributed by atoms with E-state index in [0.29, 0.717) is 0 Å². The molecule has 0 aliphatic carbocycles. The number of fused-ring (bicyclic) bond motifs is 1. The molecule has 0 atom stereocenters. The number of nitrogen functional groups attached to an aromatic ring is 1. The Morgan fingerprint density at radius 3 is 2.65 bits per heavy atom. The Bertz CT molecular complexity index is 787. The van der Waals surface area contributed by atoms with E-state index in [4.69, 9.17) is 5.73 Å². The Labute approximate surface area is 118 Å². The molecule has 3 aromatic rings. The lowest BCUT2D eigenvalue weighted by molar-refractivity contribution is 0.948. The van der Waals surface area contributed by atoms with Crippen molar-refractivity contribution in [2.45, 2.75) is 13.8 Å². The number of imidazole rings is 1. The Morgan fingerprint density at radius 2 is 1.85 bits per heavy atom. The first-order valence-corrected chi connectivity index (χ1v) is 6.59. The monoisotopic (exact) mass is 266 g/mol. The van der Waals surface area contributed by atoms with Gasteiger partial charge in [0, 0.05) is 12.7 Å². The fraction of sp³-hybridized carbons (Fsp3) is 0.188. The van der Waals surface area contributed by atoms with E-state index in [1.165, 1.54) is 11.1 Å². The van der Waals surface area contributed by atoms with Gasteiger partial charge in [0.05, 0.1) is 28.7 Å². The second kappa shape index (κ2) is 4.56. The molecule has 0 radical (unpaired) electrons. The molecule has 0 amide bonds. The number of aryl methyl sites for hydroxylation is 3. The maximum atomic E-state index is 6.07. The third-order valence-electron chi connectivity index (χ3n) is 3.67. The third-order valence-corrected chi connectivity index (χ3v) is 3.67. The molecule has 4 heteroatoms. The zero-order valence-corrected chi connectivity index (χ0v) is 11.9. The minimum atomic E-state index is 0.759. The molecule has 2 aromatic carbocycles. The molecule has 1 heterocycles. The van der Waals surface area contributed by atoms with E-state index < -0.39 is 0 Å². The minimum Gasteiger partial charge on any atom is -0.397 e. The van der Waals surface area contributed by atoms with Crippen LogP contribution < -0.4 is 11.1 Å². The molecule has 3 N–H and O–H groups in total. The Kier molecular flexibility index (Phi) is 2.86. The standard InChI is InChI=1S/C16H18N4/c1-10-6-13(17)14(7-11(10)2)19-12-4-5-16-15(8-12)18-9-20(16)3/h4-9,19H,17H2,1-3H3. The first-order valence-electron chi connectivity index (χ1n) is 6.59. The third kappa shape index (κ3) is 2.09. The number of aromatic nitrogens is 2. The molecular weight excluding hydrogens is 248 g/mol. The van der Waals surface area contributed by atoms with Crippen LogP contribution in [0.5, 0.6) is 0 Å². The van der Waals surface area contributed by atoms with Gasteiger partial charge in [0.15, 0.2) is 0 Å². The molecule has 0 bridgehead atoms. The molecule has 20 heavy (non-hydrogen) atoms. The Morgan fingerprint density at radius 1 is 1.10 bits per heavy atom. The van der Waals surface area contributed by atoms with Crippen molar-refractivity contribution >= 4 is 28.1 Å². The van der Waals surface area contributed by atoms with Gasteiger partial charge in [-0.15, -0.1) is 0 Å². The van der Waals surface area contributed by atoms with Crippen LogP contribution in [0.3, 0.4) is 0 Å². The van der Waals surface area contributed by atoms with Gasteiger partial charge in [0.1, 0.15) is 0 Å². The predicted molar refractivity (Wildman–Crippen MR) is 84.3 cm³/mol. The van der Waals surface area contributed by atoms with Crippen molar-refractivity contribution in [2.75, 3.05) is 11.1 Å². The van der Waals surface area contributed by atoms with Crippen LogP contribution in [0.2, 0.25) is 0 Å². The van der Waals surface area contributed by atoms with Gasteiger partial charge in [0.25, 0.3) is 0 Å². The number of hydrogen-bond donors (Lipinski definition) is 2. The van der Waals surface area contributed by atoms with Gasteiger partial charge >= 0.3 is 0 Å². The number of rotatable bonds is 2. The lowest BCUT2D eigenvalue weighted by Gasteiger charge is -2.12. The number of nitrogens with two attached hydrogens (primary N) is 1. The van der Waals surface area contributed by atoms with E-state index in [2.05, 4.69) is 36.3 Å². The molecule has 0 aliphatic rings. The molecule has 0 saturated carbocycles. The first-order chi connectivity index (χ1) is 9.54. The van der Waals surface area contributed by atoms with Crippen LogP contribution in [0.25, 0.3) is 11.0 Å². The van der Waals surface area contributed by atoms with Crippen LogP contribution in [-0.4, -0.2) is 9.55 Å². The number of anilines is 3. The highest BCUT2D eigenvalue weighted by atomic mass is 15.0. The van der Waals surface area contributed by atoms with E-state index in [0.717, 1.165) is 28.1 Å².